The number of likely N-dealkylation sites (tertiary alicyclic amines) is 1. The molecule has 2 saturated heterocycles. The molecule has 0 radical (unpaired) electrons. The lowest BCUT2D eigenvalue weighted by molar-refractivity contribution is -0.140. The van der Waals surface area contributed by atoms with E-state index >= 15 is 0 Å². The van der Waals surface area contributed by atoms with Crippen LogP contribution in [0, 0.1) is 17.3 Å². The SMILES string of the molecule is COc1cc(S(=O)(=O)NCC(N)=O)ccc1NCC#Cc1cc2c(NC3CCC(N4CC5(CCOCC5)C4)CC3)cccc2n1CC(F)(F)F. The number of halogens is 3. The molecule has 2 aromatic carbocycles. The van der Waals surface area contributed by atoms with Crippen LogP contribution >= 0.6 is 0 Å². The van der Waals surface area contributed by atoms with Crippen molar-refractivity contribution in [1.82, 2.24) is 14.2 Å². The fourth-order valence-corrected chi connectivity index (χ4v) is 8.38. The van der Waals surface area contributed by atoms with Crippen LogP contribution in [0.3, 0.4) is 0 Å². The number of nitrogens with zero attached hydrogens (tertiary/aromatic N) is 2. The van der Waals surface area contributed by atoms with Crippen molar-refractivity contribution >= 4 is 38.2 Å². The Morgan fingerprint density at radius 2 is 1.82 bits per heavy atom. The molecular weight excluding hydrogens is 673 g/mol. The Bertz CT molecular complexity index is 1860. The number of hydrogen-bond acceptors (Lipinski definition) is 8. The maximum absolute atomic E-state index is 13.8. The lowest BCUT2D eigenvalue weighted by Crippen LogP contribution is -2.62. The second-order valence-corrected chi connectivity index (χ2v) is 15.2. The van der Waals surface area contributed by atoms with Crippen molar-refractivity contribution in [3.63, 3.8) is 0 Å². The lowest BCUT2D eigenvalue weighted by atomic mass is 9.71. The summed E-state index contributed by atoms with van der Waals surface area (Å²) < 4.78 is 80.4. The van der Waals surface area contributed by atoms with Gasteiger partial charge >= 0.3 is 6.18 Å². The van der Waals surface area contributed by atoms with Crippen molar-refractivity contribution in [3.05, 3.63) is 48.2 Å². The zero-order valence-corrected chi connectivity index (χ0v) is 28.8. The highest BCUT2D eigenvalue weighted by atomic mass is 32.2. The topological polar surface area (TPSA) is 140 Å². The maximum Gasteiger partial charge on any atom is 0.406 e. The fraction of sp³-hybridized carbons (Fsp3) is 0.514. The molecule has 50 heavy (non-hydrogen) atoms. The Morgan fingerprint density at radius 3 is 2.50 bits per heavy atom. The largest absolute Gasteiger partial charge is 0.495 e. The summed E-state index contributed by atoms with van der Waals surface area (Å²) in [5.74, 6) is 5.16. The van der Waals surface area contributed by atoms with E-state index in [0.717, 1.165) is 70.5 Å². The highest BCUT2D eigenvalue weighted by molar-refractivity contribution is 7.89. The van der Waals surface area contributed by atoms with Gasteiger partial charge in [0, 0.05) is 60.9 Å². The van der Waals surface area contributed by atoms with Crippen molar-refractivity contribution in [2.75, 3.05) is 57.1 Å². The quantitative estimate of drug-likeness (QED) is 0.216. The van der Waals surface area contributed by atoms with Crippen LogP contribution in [0.15, 0.2) is 47.4 Å². The summed E-state index contributed by atoms with van der Waals surface area (Å²) in [5, 5.41) is 7.35. The smallest absolute Gasteiger partial charge is 0.406 e. The van der Waals surface area contributed by atoms with Crippen LogP contribution in [0.5, 0.6) is 5.75 Å². The minimum absolute atomic E-state index is 0.0379. The van der Waals surface area contributed by atoms with E-state index in [2.05, 4.69) is 32.1 Å². The number of benzene rings is 2. The summed E-state index contributed by atoms with van der Waals surface area (Å²) in [6.07, 6.45) is 2.02. The van der Waals surface area contributed by atoms with E-state index in [1.165, 1.54) is 29.9 Å². The van der Waals surface area contributed by atoms with E-state index in [0.29, 0.717) is 28.0 Å². The van der Waals surface area contributed by atoms with Gasteiger partial charge in [-0.1, -0.05) is 12.0 Å². The van der Waals surface area contributed by atoms with Crippen LogP contribution in [0.4, 0.5) is 24.5 Å². The van der Waals surface area contributed by atoms with Crippen LogP contribution in [0.25, 0.3) is 10.9 Å². The number of aromatic nitrogens is 1. The number of nitrogens with one attached hydrogen (secondary N) is 3. The number of rotatable bonds is 11. The molecule has 3 fully saturated rings. The Morgan fingerprint density at radius 1 is 1.08 bits per heavy atom. The molecule has 3 aliphatic rings. The standard InChI is InChI=1S/C35H43F3N6O5S/c1-48-32-19-27(50(46,47)41-20-33(39)45)11-12-30(32)40-15-3-4-26-18-28-29(5-2-6-31(28)44(26)23-35(36,37)38)42-24-7-9-25(10-8-24)43-21-34(22-43)13-16-49-17-14-34/h2,5-6,11-12,18-19,24-25,40-42H,7-10,13-17,20-23H2,1H3,(H2,39,45). The van der Waals surface area contributed by atoms with Crippen molar-refractivity contribution in [2.24, 2.45) is 11.1 Å². The van der Waals surface area contributed by atoms with Gasteiger partial charge in [-0.25, -0.2) is 13.1 Å². The first-order valence-electron chi connectivity index (χ1n) is 16.8. The van der Waals surface area contributed by atoms with Gasteiger partial charge in [0.2, 0.25) is 15.9 Å². The zero-order valence-electron chi connectivity index (χ0n) is 27.9. The third kappa shape index (κ3) is 8.31. The van der Waals surface area contributed by atoms with E-state index < -0.39 is 35.2 Å². The van der Waals surface area contributed by atoms with Gasteiger partial charge in [-0.15, -0.1) is 0 Å². The molecule has 6 rings (SSSR count). The van der Waals surface area contributed by atoms with Gasteiger partial charge in [0.05, 0.1) is 42.0 Å². The Hall–Kier alpha value is -3.97. The number of carbonyl (C=O) groups is 1. The number of carbonyl (C=O) groups excluding carboxylic acids is 1. The molecule has 3 heterocycles. The summed E-state index contributed by atoms with van der Waals surface area (Å²) >= 11 is 0. The monoisotopic (exact) mass is 716 g/mol. The Kier molecular flexibility index (Phi) is 10.5. The second kappa shape index (κ2) is 14.7. The minimum atomic E-state index is -4.45. The normalized spacial score (nSPS) is 20.9. The van der Waals surface area contributed by atoms with Crippen molar-refractivity contribution in [2.45, 2.75) is 68.2 Å². The second-order valence-electron chi connectivity index (χ2n) is 13.4. The molecular formula is C35H43F3N6O5S. The van der Waals surface area contributed by atoms with Crippen molar-refractivity contribution < 1.29 is 35.9 Å². The fourth-order valence-electron chi connectivity index (χ4n) is 7.37. The maximum atomic E-state index is 13.8. The molecule has 1 amide bonds. The average Bonchev–Trinajstić information content (AvgIpc) is 3.41. The molecule has 1 aliphatic carbocycles. The van der Waals surface area contributed by atoms with E-state index in [4.69, 9.17) is 15.2 Å². The summed E-state index contributed by atoms with van der Waals surface area (Å²) in [5.41, 5.74) is 7.37. The summed E-state index contributed by atoms with van der Waals surface area (Å²) in [6.45, 7) is 2.35. The molecule has 11 nitrogen and oxygen atoms in total. The third-order valence-corrected chi connectivity index (χ3v) is 11.4. The Labute approximate surface area is 290 Å². The van der Waals surface area contributed by atoms with Crippen LogP contribution in [-0.2, 0) is 26.1 Å². The molecule has 0 unspecified atom stereocenters. The molecule has 2 aliphatic heterocycles. The number of primary amides is 1. The lowest BCUT2D eigenvalue weighted by Gasteiger charge is -2.56. The van der Waals surface area contributed by atoms with E-state index in [-0.39, 0.29) is 28.9 Å². The van der Waals surface area contributed by atoms with Gasteiger partial charge in [0.1, 0.15) is 12.3 Å². The minimum Gasteiger partial charge on any atom is -0.495 e. The molecule has 3 aromatic rings. The van der Waals surface area contributed by atoms with Crippen LogP contribution in [0.1, 0.15) is 44.2 Å². The van der Waals surface area contributed by atoms with Crippen molar-refractivity contribution in [1.29, 1.82) is 0 Å². The first-order valence-corrected chi connectivity index (χ1v) is 18.3. The first kappa shape index (κ1) is 35.8. The van der Waals surface area contributed by atoms with E-state index in [9.17, 15) is 26.4 Å². The number of fused-ring (bicyclic) bond motifs is 1. The summed E-state index contributed by atoms with van der Waals surface area (Å²) in [6, 6.07) is 11.9. The van der Waals surface area contributed by atoms with Gasteiger partial charge in [-0.05, 0) is 74.8 Å². The van der Waals surface area contributed by atoms with Crippen LogP contribution in [0.2, 0.25) is 0 Å². The van der Waals surface area contributed by atoms with E-state index in [1.54, 1.807) is 18.2 Å². The zero-order chi connectivity index (χ0) is 35.5. The number of amides is 1. The number of sulfonamides is 1. The highest BCUT2D eigenvalue weighted by Gasteiger charge is 2.46. The van der Waals surface area contributed by atoms with E-state index in [1.807, 2.05) is 6.07 Å². The molecule has 0 bridgehead atoms. The third-order valence-electron chi connectivity index (χ3n) is 9.99. The van der Waals surface area contributed by atoms with Gasteiger partial charge in [-0.2, -0.15) is 13.2 Å². The first-order chi connectivity index (χ1) is 23.8. The van der Waals surface area contributed by atoms with Gasteiger partial charge in [0.15, 0.2) is 0 Å². The molecule has 1 saturated carbocycles. The van der Waals surface area contributed by atoms with Crippen LogP contribution < -0.4 is 25.8 Å². The van der Waals surface area contributed by atoms with Gasteiger partial charge in [0.25, 0.3) is 0 Å². The highest BCUT2D eigenvalue weighted by Crippen LogP contribution is 2.43. The number of nitrogens with two attached hydrogens (primary N) is 1. The van der Waals surface area contributed by atoms with Crippen molar-refractivity contribution in [3.8, 4) is 17.6 Å². The molecule has 1 aromatic heterocycles. The average molecular weight is 717 g/mol. The number of anilines is 2. The number of ether oxygens (including phenoxy) is 2. The number of alkyl halides is 3. The molecule has 1 spiro atoms. The van der Waals surface area contributed by atoms with Gasteiger partial charge < -0.3 is 30.4 Å². The molecule has 15 heteroatoms. The molecule has 0 atom stereocenters. The summed E-state index contributed by atoms with van der Waals surface area (Å²) in [7, 11) is -2.65. The number of hydrogen-bond donors (Lipinski definition) is 4. The summed E-state index contributed by atoms with van der Waals surface area (Å²) in [4.78, 5) is 13.5. The number of methoxy groups -OCH3 is 1. The molecule has 270 valence electrons. The predicted molar refractivity (Wildman–Crippen MR) is 184 cm³/mol. The predicted octanol–water partition coefficient (Wildman–Crippen LogP) is 4.27. The Balaban J connectivity index is 1.13. The molecule has 5 N–H and O–H groups in total. The van der Waals surface area contributed by atoms with Crippen LogP contribution in [-0.4, -0.2) is 88.6 Å². The van der Waals surface area contributed by atoms with Gasteiger partial charge in [-0.3, -0.25) is 9.69 Å².